The van der Waals surface area contributed by atoms with Crippen molar-refractivity contribution in [3.63, 3.8) is 0 Å². The summed E-state index contributed by atoms with van der Waals surface area (Å²) in [6, 6.07) is 22.3. The molecule has 0 aliphatic carbocycles. The van der Waals surface area contributed by atoms with Crippen LogP contribution in [0.25, 0.3) is 17.0 Å². The third-order valence-corrected chi connectivity index (χ3v) is 5.85. The molecule has 3 N–H and O–H groups in total. The van der Waals surface area contributed by atoms with E-state index in [1.54, 1.807) is 24.9 Å². The highest BCUT2D eigenvalue weighted by molar-refractivity contribution is 7.99. The molecule has 0 saturated carbocycles. The number of methoxy groups -OCH3 is 1. The maximum atomic E-state index is 9.66. The lowest BCUT2D eigenvalue weighted by Gasteiger charge is -2.05. The Balaban J connectivity index is 1.33. The molecule has 1 aromatic heterocycles. The number of aromatic nitrogens is 1. The maximum Gasteiger partial charge on any atom is 0.161 e. The Bertz CT molecular complexity index is 1150. The fourth-order valence-electron chi connectivity index (χ4n) is 3.25. The summed E-state index contributed by atoms with van der Waals surface area (Å²) in [5, 5.41) is 14.3. The first-order chi connectivity index (χ1) is 14.7. The van der Waals surface area contributed by atoms with Crippen molar-refractivity contribution in [1.82, 2.24) is 10.3 Å². The molecule has 0 fully saturated rings. The number of benzene rings is 3. The highest BCUT2D eigenvalue weighted by Crippen LogP contribution is 2.33. The number of aromatic hydroxyl groups is 1. The number of nitrogens with one attached hydrogen (secondary N) is 2. The average molecular weight is 417 g/mol. The van der Waals surface area contributed by atoms with E-state index in [1.165, 1.54) is 20.7 Å². The summed E-state index contributed by atoms with van der Waals surface area (Å²) in [7, 11) is 1.55. The third kappa shape index (κ3) is 4.87. The second-order valence-corrected chi connectivity index (χ2v) is 8.03. The lowest BCUT2D eigenvalue weighted by atomic mass is 10.1. The topological polar surface area (TPSA) is 57.3 Å². The van der Waals surface area contributed by atoms with Gasteiger partial charge < -0.3 is 20.1 Å². The smallest absolute Gasteiger partial charge is 0.161 e. The third-order valence-electron chi connectivity index (χ3n) is 4.78. The SMILES string of the molecule is COc1cc(C=CCNCc2ccc3c(Sc4ccccc4)c[nH]c3c2)ccc1O. The molecule has 0 aliphatic rings. The fraction of sp³-hybridized carbons (Fsp3) is 0.120. The Morgan fingerprint density at radius 3 is 2.77 bits per heavy atom. The summed E-state index contributed by atoms with van der Waals surface area (Å²) < 4.78 is 5.14. The van der Waals surface area contributed by atoms with Gasteiger partial charge in [-0.05, 0) is 41.5 Å². The number of phenolic OH excluding ortho intramolecular Hbond substituents is 1. The van der Waals surface area contributed by atoms with Gasteiger partial charge in [-0.2, -0.15) is 0 Å². The van der Waals surface area contributed by atoms with Crippen molar-refractivity contribution in [2.75, 3.05) is 13.7 Å². The van der Waals surface area contributed by atoms with Crippen LogP contribution >= 0.6 is 11.8 Å². The fourth-order valence-corrected chi connectivity index (χ4v) is 4.20. The van der Waals surface area contributed by atoms with E-state index >= 15 is 0 Å². The molecular weight excluding hydrogens is 392 g/mol. The zero-order valence-corrected chi connectivity index (χ0v) is 17.6. The van der Waals surface area contributed by atoms with E-state index in [9.17, 15) is 5.11 Å². The zero-order valence-electron chi connectivity index (χ0n) is 16.8. The molecule has 0 aliphatic heterocycles. The van der Waals surface area contributed by atoms with Gasteiger partial charge in [-0.15, -0.1) is 0 Å². The highest BCUT2D eigenvalue weighted by atomic mass is 32.2. The van der Waals surface area contributed by atoms with Crippen molar-refractivity contribution in [3.8, 4) is 11.5 Å². The maximum absolute atomic E-state index is 9.66. The number of fused-ring (bicyclic) bond motifs is 1. The summed E-state index contributed by atoms with van der Waals surface area (Å²) in [6.07, 6.45) is 6.15. The van der Waals surface area contributed by atoms with E-state index in [-0.39, 0.29) is 5.75 Å². The van der Waals surface area contributed by atoms with Gasteiger partial charge >= 0.3 is 0 Å². The molecule has 0 atom stereocenters. The molecule has 30 heavy (non-hydrogen) atoms. The summed E-state index contributed by atoms with van der Waals surface area (Å²) >= 11 is 1.77. The first kappa shape index (κ1) is 20.1. The number of hydrogen-bond acceptors (Lipinski definition) is 4. The predicted octanol–water partition coefficient (Wildman–Crippen LogP) is 5.84. The highest BCUT2D eigenvalue weighted by Gasteiger charge is 2.06. The van der Waals surface area contributed by atoms with Crippen molar-refractivity contribution in [1.29, 1.82) is 0 Å². The number of hydrogen-bond donors (Lipinski definition) is 3. The minimum atomic E-state index is 0.151. The summed E-state index contributed by atoms with van der Waals surface area (Å²) in [5.41, 5.74) is 3.38. The predicted molar refractivity (Wildman–Crippen MR) is 124 cm³/mol. The van der Waals surface area contributed by atoms with E-state index in [2.05, 4.69) is 65.0 Å². The standard InChI is InChI=1S/C25H24N2O2S/c1-29-24-15-18(10-12-23(24)28)6-5-13-26-16-19-9-11-21-22(14-19)27-17-25(21)30-20-7-3-2-4-8-20/h2-12,14-15,17,26-28H,13,16H2,1H3. The van der Waals surface area contributed by atoms with E-state index < -0.39 is 0 Å². The van der Waals surface area contributed by atoms with Crippen molar-refractivity contribution in [2.45, 2.75) is 16.3 Å². The van der Waals surface area contributed by atoms with Crippen LogP contribution in [0.4, 0.5) is 0 Å². The normalized spacial score (nSPS) is 11.4. The molecule has 4 aromatic rings. The van der Waals surface area contributed by atoms with Crippen molar-refractivity contribution < 1.29 is 9.84 Å². The molecule has 0 amide bonds. The molecule has 3 aromatic carbocycles. The minimum absolute atomic E-state index is 0.151. The van der Waals surface area contributed by atoms with E-state index in [1.807, 2.05) is 24.3 Å². The molecule has 0 unspecified atom stereocenters. The van der Waals surface area contributed by atoms with E-state index in [0.29, 0.717) is 5.75 Å². The van der Waals surface area contributed by atoms with Crippen LogP contribution in [0.5, 0.6) is 11.5 Å². The lowest BCUT2D eigenvalue weighted by molar-refractivity contribution is 0.373. The van der Waals surface area contributed by atoms with Gasteiger partial charge in [0.2, 0.25) is 0 Å². The van der Waals surface area contributed by atoms with Crippen LogP contribution in [0, 0.1) is 0 Å². The first-order valence-electron chi connectivity index (χ1n) is 9.80. The monoisotopic (exact) mass is 416 g/mol. The lowest BCUT2D eigenvalue weighted by Crippen LogP contribution is -2.12. The molecule has 5 heteroatoms. The van der Waals surface area contributed by atoms with E-state index in [4.69, 9.17) is 4.74 Å². The number of ether oxygens (including phenoxy) is 1. The second-order valence-electron chi connectivity index (χ2n) is 6.91. The zero-order chi connectivity index (χ0) is 20.8. The number of H-pyrrole nitrogens is 1. The largest absolute Gasteiger partial charge is 0.504 e. The first-order valence-corrected chi connectivity index (χ1v) is 10.6. The molecule has 152 valence electrons. The average Bonchev–Trinajstić information content (AvgIpc) is 3.17. The van der Waals surface area contributed by atoms with Crippen molar-refractivity contribution in [3.05, 3.63) is 90.1 Å². The molecule has 4 rings (SSSR count). The molecule has 0 bridgehead atoms. The number of aromatic amines is 1. The quantitative estimate of drug-likeness (QED) is 0.316. The van der Waals surface area contributed by atoms with Crippen LogP contribution in [0.3, 0.4) is 0 Å². The number of phenols is 1. The molecule has 1 heterocycles. The van der Waals surface area contributed by atoms with Crippen LogP contribution in [0.2, 0.25) is 0 Å². The molecular formula is C25H24N2O2S. The van der Waals surface area contributed by atoms with Crippen LogP contribution in [-0.4, -0.2) is 23.7 Å². The number of rotatable bonds is 8. The van der Waals surface area contributed by atoms with Gasteiger partial charge in [0.1, 0.15) is 0 Å². The molecule has 0 radical (unpaired) electrons. The second kappa shape index (κ2) is 9.57. The van der Waals surface area contributed by atoms with Gasteiger partial charge in [0.25, 0.3) is 0 Å². The van der Waals surface area contributed by atoms with Crippen LogP contribution in [0.1, 0.15) is 11.1 Å². The van der Waals surface area contributed by atoms with Gasteiger partial charge in [-0.3, -0.25) is 0 Å². The molecule has 0 saturated heterocycles. The Labute approximate surface area is 180 Å². The van der Waals surface area contributed by atoms with Crippen LogP contribution in [-0.2, 0) is 6.54 Å². The van der Waals surface area contributed by atoms with Gasteiger partial charge in [0.05, 0.1) is 7.11 Å². The Morgan fingerprint density at radius 2 is 1.93 bits per heavy atom. The van der Waals surface area contributed by atoms with Gasteiger partial charge in [-0.25, -0.2) is 0 Å². The summed E-state index contributed by atoms with van der Waals surface area (Å²) in [6.45, 7) is 1.54. The van der Waals surface area contributed by atoms with Crippen LogP contribution < -0.4 is 10.1 Å². The van der Waals surface area contributed by atoms with E-state index in [0.717, 1.165) is 24.2 Å². The molecule has 0 spiro atoms. The van der Waals surface area contributed by atoms with Crippen LogP contribution in [0.15, 0.2) is 88.8 Å². The Morgan fingerprint density at radius 1 is 1.07 bits per heavy atom. The van der Waals surface area contributed by atoms with Gasteiger partial charge in [0, 0.05) is 40.0 Å². The Hall–Kier alpha value is -3.15. The van der Waals surface area contributed by atoms with Crippen molar-refractivity contribution in [2.24, 2.45) is 0 Å². The Kier molecular flexibility index (Phi) is 6.42. The minimum Gasteiger partial charge on any atom is -0.504 e. The summed E-state index contributed by atoms with van der Waals surface area (Å²) in [5.74, 6) is 0.631. The van der Waals surface area contributed by atoms with Crippen molar-refractivity contribution >= 4 is 28.7 Å². The summed E-state index contributed by atoms with van der Waals surface area (Å²) in [4.78, 5) is 5.87. The van der Waals surface area contributed by atoms with Gasteiger partial charge in [0.15, 0.2) is 11.5 Å². The molecule has 4 nitrogen and oxygen atoms in total. The van der Waals surface area contributed by atoms with Gasteiger partial charge in [-0.1, -0.05) is 60.3 Å².